The minimum atomic E-state index is -0.435. The van der Waals surface area contributed by atoms with E-state index in [0.29, 0.717) is 23.0 Å². The number of halogens is 3. The van der Waals surface area contributed by atoms with E-state index in [1.54, 1.807) is 18.0 Å². The summed E-state index contributed by atoms with van der Waals surface area (Å²) < 4.78 is 13.6. The third-order valence-corrected chi connectivity index (χ3v) is 3.24. The smallest absolute Gasteiger partial charge is 0.253 e. The summed E-state index contributed by atoms with van der Waals surface area (Å²) in [4.78, 5) is 13.5. The fourth-order valence-electron chi connectivity index (χ4n) is 1.32. The standard InChI is InChI=1S/C12H14BrClFNO/c1-8(14)5-6-16(2)12(17)9-3-4-10(13)11(15)7-9/h3-4,7-8H,5-6H2,1-2H3. The fourth-order valence-corrected chi connectivity index (χ4v) is 1.67. The molecule has 0 aromatic heterocycles. The van der Waals surface area contributed by atoms with Gasteiger partial charge in [-0.25, -0.2) is 4.39 Å². The van der Waals surface area contributed by atoms with Gasteiger partial charge >= 0.3 is 0 Å². The third-order valence-electron chi connectivity index (χ3n) is 2.38. The molecular formula is C12H14BrClFNO. The van der Waals surface area contributed by atoms with Crippen molar-refractivity contribution in [3.8, 4) is 0 Å². The lowest BCUT2D eigenvalue weighted by atomic mass is 10.2. The van der Waals surface area contributed by atoms with E-state index in [1.165, 1.54) is 12.1 Å². The van der Waals surface area contributed by atoms with Crippen molar-refractivity contribution >= 4 is 33.4 Å². The van der Waals surface area contributed by atoms with Gasteiger partial charge in [-0.1, -0.05) is 0 Å². The normalized spacial score (nSPS) is 12.3. The first-order valence-electron chi connectivity index (χ1n) is 5.26. The summed E-state index contributed by atoms with van der Waals surface area (Å²) in [7, 11) is 1.68. The van der Waals surface area contributed by atoms with Crippen LogP contribution < -0.4 is 0 Å². The highest BCUT2D eigenvalue weighted by Crippen LogP contribution is 2.17. The maximum absolute atomic E-state index is 13.3. The lowest BCUT2D eigenvalue weighted by Gasteiger charge is -2.18. The SMILES string of the molecule is CC(Cl)CCN(C)C(=O)c1ccc(Br)c(F)c1. The molecule has 0 saturated carbocycles. The third kappa shape index (κ3) is 4.28. The molecule has 94 valence electrons. The highest BCUT2D eigenvalue weighted by Gasteiger charge is 2.13. The molecule has 5 heteroatoms. The molecule has 1 amide bonds. The Kier molecular flexibility index (Phi) is 5.40. The molecule has 0 N–H and O–H groups in total. The summed E-state index contributed by atoms with van der Waals surface area (Å²) >= 11 is 8.86. The Morgan fingerprint density at radius 1 is 1.59 bits per heavy atom. The number of alkyl halides is 1. The highest BCUT2D eigenvalue weighted by atomic mass is 79.9. The van der Waals surface area contributed by atoms with Crippen LogP contribution in [-0.4, -0.2) is 29.8 Å². The van der Waals surface area contributed by atoms with E-state index in [0.717, 1.165) is 0 Å². The van der Waals surface area contributed by atoms with Gasteiger partial charge in [-0.05, 0) is 47.5 Å². The van der Waals surface area contributed by atoms with E-state index in [2.05, 4.69) is 15.9 Å². The largest absolute Gasteiger partial charge is 0.342 e. The minimum Gasteiger partial charge on any atom is -0.342 e. The van der Waals surface area contributed by atoms with Crippen LogP contribution >= 0.6 is 27.5 Å². The number of carbonyl (C=O) groups is 1. The Bertz CT molecular complexity index is 411. The fraction of sp³-hybridized carbons (Fsp3) is 0.417. The van der Waals surface area contributed by atoms with Gasteiger partial charge in [0.15, 0.2) is 0 Å². The molecule has 0 aliphatic heterocycles. The second kappa shape index (κ2) is 6.36. The quantitative estimate of drug-likeness (QED) is 0.774. The van der Waals surface area contributed by atoms with Gasteiger partial charge in [0.1, 0.15) is 5.82 Å². The first-order valence-corrected chi connectivity index (χ1v) is 6.49. The second-order valence-electron chi connectivity index (χ2n) is 3.93. The zero-order valence-corrected chi connectivity index (χ0v) is 12.1. The van der Waals surface area contributed by atoms with Crippen molar-refractivity contribution in [3.05, 3.63) is 34.1 Å². The van der Waals surface area contributed by atoms with E-state index < -0.39 is 5.82 Å². The lowest BCUT2D eigenvalue weighted by molar-refractivity contribution is 0.0793. The van der Waals surface area contributed by atoms with Crippen LogP contribution in [0.1, 0.15) is 23.7 Å². The molecule has 1 unspecified atom stereocenters. The van der Waals surface area contributed by atoms with Crippen molar-refractivity contribution < 1.29 is 9.18 Å². The molecule has 1 aromatic rings. The molecule has 1 atom stereocenters. The predicted octanol–water partition coefficient (Wildman–Crippen LogP) is 3.68. The van der Waals surface area contributed by atoms with Gasteiger partial charge in [-0.15, -0.1) is 11.6 Å². The van der Waals surface area contributed by atoms with Crippen LogP contribution in [0.15, 0.2) is 22.7 Å². The maximum atomic E-state index is 13.3. The molecular weight excluding hydrogens is 308 g/mol. The van der Waals surface area contributed by atoms with Crippen LogP contribution in [0.3, 0.4) is 0 Å². The van der Waals surface area contributed by atoms with Crippen molar-refractivity contribution in [2.45, 2.75) is 18.7 Å². The molecule has 0 radical (unpaired) electrons. The molecule has 0 aliphatic rings. The van der Waals surface area contributed by atoms with Crippen molar-refractivity contribution in [1.82, 2.24) is 4.90 Å². The van der Waals surface area contributed by atoms with Crippen LogP contribution in [0.5, 0.6) is 0 Å². The Morgan fingerprint density at radius 2 is 2.24 bits per heavy atom. The Hall–Kier alpha value is -0.610. The van der Waals surface area contributed by atoms with Gasteiger partial charge in [0, 0.05) is 24.5 Å². The first kappa shape index (κ1) is 14.5. The van der Waals surface area contributed by atoms with Gasteiger partial charge in [-0.2, -0.15) is 0 Å². The van der Waals surface area contributed by atoms with E-state index >= 15 is 0 Å². The van der Waals surface area contributed by atoms with Gasteiger partial charge in [0.05, 0.1) is 4.47 Å². The monoisotopic (exact) mass is 321 g/mol. The number of benzene rings is 1. The molecule has 17 heavy (non-hydrogen) atoms. The van der Waals surface area contributed by atoms with Gasteiger partial charge in [-0.3, -0.25) is 4.79 Å². The van der Waals surface area contributed by atoms with Gasteiger partial charge in [0.25, 0.3) is 5.91 Å². The molecule has 1 rings (SSSR count). The van der Waals surface area contributed by atoms with E-state index in [1.807, 2.05) is 6.92 Å². The van der Waals surface area contributed by atoms with Gasteiger partial charge in [0.2, 0.25) is 0 Å². The van der Waals surface area contributed by atoms with E-state index in [4.69, 9.17) is 11.6 Å². The minimum absolute atomic E-state index is 0.0203. The number of hydrogen-bond acceptors (Lipinski definition) is 1. The summed E-state index contributed by atoms with van der Waals surface area (Å²) in [5, 5.41) is 0.0203. The number of hydrogen-bond donors (Lipinski definition) is 0. The van der Waals surface area contributed by atoms with Crippen molar-refractivity contribution in [2.75, 3.05) is 13.6 Å². The Balaban J connectivity index is 2.71. The molecule has 0 saturated heterocycles. The summed E-state index contributed by atoms with van der Waals surface area (Å²) in [5.74, 6) is -0.635. The van der Waals surface area contributed by atoms with Gasteiger partial charge < -0.3 is 4.90 Å². The average molecular weight is 323 g/mol. The lowest BCUT2D eigenvalue weighted by Crippen LogP contribution is -2.28. The Morgan fingerprint density at radius 3 is 2.76 bits per heavy atom. The van der Waals surface area contributed by atoms with Crippen LogP contribution in [0.4, 0.5) is 4.39 Å². The molecule has 0 bridgehead atoms. The number of nitrogens with zero attached hydrogens (tertiary/aromatic N) is 1. The van der Waals surface area contributed by atoms with E-state index in [-0.39, 0.29) is 11.3 Å². The zero-order chi connectivity index (χ0) is 13.0. The molecule has 1 aromatic carbocycles. The van der Waals surface area contributed by atoms with Crippen LogP contribution in [0.2, 0.25) is 0 Å². The molecule has 2 nitrogen and oxygen atoms in total. The summed E-state index contributed by atoms with van der Waals surface area (Å²) in [6, 6.07) is 4.35. The second-order valence-corrected chi connectivity index (χ2v) is 5.52. The topological polar surface area (TPSA) is 20.3 Å². The molecule has 0 fully saturated rings. The average Bonchev–Trinajstić information content (AvgIpc) is 2.28. The van der Waals surface area contributed by atoms with Crippen LogP contribution in [-0.2, 0) is 0 Å². The van der Waals surface area contributed by atoms with Crippen molar-refractivity contribution in [1.29, 1.82) is 0 Å². The van der Waals surface area contributed by atoms with Crippen molar-refractivity contribution in [3.63, 3.8) is 0 Å². The summed E-state index contributed by atoms with van der Waals surface area (Å²) in [6.07, 6.45) is 0.711. The predicted molar refractivity (Wildman–Crippen MR) is 71.0 cm³/mol. The van der Waals surface area contributed by atoms with Crippen LogP contribution in [0.25, 0.3) is 0 Å². The maximum Gasteiger partial charge on any atom is 0.253 e. The Labute approximate surface area is 114 Å². The summed E-state index contributed by atoms with van der Waals surface area (Å²) in [5.41, 5.74) is 0.343. The van der Waals surface area contributed by atoms with Crippen molar-refractivity contribution in [2.24, 2.45) is 0 Å². The molecule has 0 heterocycles. The first-order chi connectivity index (χ1) is 7.91. The zero-order valence-electron chi connectivity index (χ0n) is 9.71. The van der Waals surface area contributed by atoms with Crippen LogP contribution in [0, 0.1) is 5.82 Å². The molecule has 0 spiro atoms. The molecule has 0 aliphatic carbocycles. The van der Waals surface area contributed by atoms with E-state index in [9.17, 15) is 9.18 Å². The summed E-state index contributed by atoms with van der Waals surface area (Å²) in [6.45, 7) is 2.43. The number of rotatable bonds is 4. The highest BCUT2D eigenvalue weighted by molar-refractivity contribution is 9.10. The number of carbonyl (C=O) groups excluding carboxylic acids is 1. The number of amides is 1.